The summed E-state index contributed by atoms with van der Waals surface area (Å²) in [7, 11) is 0. The van der Waals surface area contributed by atoms with E-state index in [1.54, 1.807) is 32.0 Å². The van der Waals surface area contributed by atoms with E-state index in [1.807, 2.05) is 49.9 Å². The van der Waals surface area contributed by atoms with E-state index >= 15 is 0 Å². The Hall–Kier alpha value is -2.44. The molecule has 0 spiro atoms. The number of hydrogen-bond acceptors (Lipinski definition) is 4. The van der Waals surface area contributed by atoms with Crippen LogP contribution in [0.2, 0.25) is 10.0 Å². The summed E-state index contributed by atoms with van der Waals surface area (Å²) in [6.07, 6.45) is 0. The topological polar surface area (TPSA) is 61.9 Å². The van der Waals surface area contributed by atoms with Gasteiger partial charge in [-0.3, -0.25) is 9.59 Å². The maximum Gasteiger partial charge on any atom is 0.267 e. The highest BCUT2D eigenvalue weighted by atomic mass is 35.5. The number of halogens is 2. The third kappa shape index (κ3) is 6.33. The van der Waals surface area contributed by atoms with E-state index in [9.17, 15) is 9.59 Å². The molecule has 1 saturated heterocycles. The third-order valence-electron chi connectivity index (χ3n) is 5.50. The van der Waals surface area contributed by atoms with Crippen LogP contribution in [0.4, 0.5) is 11.4 Å². The van der Waals surface area contributed by atoms with Crippen molar-refractivity contribution >= 4 is 46.4 Å². The van der Waals surface area contributed by atoms with Crippen LogP contribution in [0.25, 0.3) is 0 Å². The maximum absolute atomic E-state index is 12.8. The number of benzene rings is 2. The minimum Gasteiger partial charge on any atom is -0.476 e. The van der Waals surface area contributed by atoms with Crippen molar-refractivity contribution in [3.8, 4) is 5.75 Å². The van der Waals surface area contributed by atoms with Gasteiger partial charge in [-0.25, -0.2) is 0 Å². The first kappa shape index (κ1) is 25.2. The molecule has 1 aliphatic heterocycles. The Morgan fingerprint density at radius 1 is 0.909 bits per heavy atom. The number of nitrogens with one attached hydrogen (secondary N) is 1. The van der Waals surface area contributed by atoms with Crippen molar-refractivity contribution in [2.75, 3.05) is 36.4 Å². The van der Waals surface area contributed by atoms with Crippen molar-refractivity contribution in [3.63, 3.8) is 0 Å². The summed E-state index contributed by atoms with van der Waals surface area (Å²) in [6, 6.07) is 12.6. The Morgan fingerprint density at radius 3 is 2.06 bits per heavy atom. The third-order valence-corrected chi connectivity index (χ3v) is 6.04. The van der Waals surface area contributed by atoms with Crippen LogP contribution in [-0.2, 0) is 9.59 Å². The second-order valence-corrected chi connectivity index (χ2v) is 10.6. The van der Waals surface area contributed by atoms with Crippen LogP contribution in [0.1, 0.15) is 34.6 Å². The number of piperazine rings is 1. The molecule has 0 unspecified atom stereocenters. The van der Waals surface area contributed by atoms with Gasteiger partial charge in [0.2, 0.25) is 5.91 Å². The van der Waals surface area contributed by atoms with Crippen molar-refractivity contribution in [1.29, 1.82) is 0 Å². The quantitative estimate of drug-likeness (QED) is 0.600. The zero-order valence-corrected chi connectivity index (χ0v) is 21.3. The number of rotatable bonds is 5. The molecule has 0 aliphatic carbocycles. The predicted molar refractivity (Wildman–Crippen MR) is 134 cm³/mol. The Labute approximate surface area is 205 Å². The van der Waals surface area contributed by atoms with Gasteiger partial charge in [0.05, 0.1) is 5.02 Å². The molecule has 0 radical (unpaired) electrons. The summed E-state index contributed by atoms with van der Waals surface area (Å²) in [6.45, 7) is 12.2. The summed E-state index contributed by atoms with van der Waals surface area (Å²) < 4.78 is 5.85. The highest BCUT2D eigenvalue weighted by Crippen LogP contribution is 2.31. The molecule has 0 atom stereocenters. The van der Waals surface area contributed by atoms with Crippen molar-refractivity contribution in [2.45, 2.75) is 40.2 Å². The van der Waals surface area contributed by atoms with Crippen LogP contribution in [0, 0.1) is 5.41 Å². The molecule has 1 aliphatic rings. The number of hydrogen-bond donors (Lipinski definition) is 1. The first-order valence-electron chi connectivity index (χ1n) is 11.0. The molecular formula is C25H31Cl2N3O3. The second kappa shape index (κ2) is 9.82. The van der Waals surface area contributed by atoms with E-state index in [0.717, 1.165) is 18.8 Å². The van der Waals surface area contributed by atoms with Gasteiger partial charge in [0.25, 0.3) is 5.91 Å². The first-order valence-corrected chi connectivity index (χ1v) is 11.7. The summed E-state index contributed by atoms with van der Waals surface area (Å²) >= 11 is 12.1. The van der Waals surface area contributed by atoms with Gasteiger partial charge < -0.3 is 19.9 Å². The van der Waals surface area contributed by atoms with Crippen molar-refractivity contribution in [1.82, 2.24) is 4.90 Å². The fourth-order valence-electron chi connectivity index (χ4n) is 3.56. The Kier molecular flexibility index (Phi) is 7.49. The van der Waals surface area contributed by atoms with Gasteiger partial charge in [0.15, 0.2) is 5.60 Å². The van der Waals surface area contributed by atoms with Crippen molar-refractivity contribution in [2.24, 2.45) is 5.41 Å². The summed E-state index contributed by atoms with van der Waals surface area (Å²) in [5, 5.41) is 3.74. The smallest absolute Gasteiger partial charge is 0.267 e. The number of ether oxygens (including phenoxy) is 1. The SMILES string of the molecule is CC(C)(C)C(=O)N1CCN(c2ccc(NC(=O)C(C)(C)Oc3ccc(Cl)cc3Cl)cc2)CC1. The van der Waals surface area contributed by atoms with Crippen LogP contribution in [-0.4, -0.2) is 48.5 Å². The van der Waals surface area contributed by atoms with Crippen LogP contribution in [0.5, 0.6) is 5.75 Å². The normalized spacial score (nSPS) is 14.8. The molecular weight excluding hydrogens is 461 g/mol. The molecule has 0 saturated carbocycles. The number of anilines is 2. The number of carbonyl (C=O) groups is 2. The lowest BCUT2D eigenvalue weighted by atomic mass is 9.94. The van der Waals surface area contributed by atoms with Gasteiger partial charge in [-0.1, -0.05) is 44.0 Å². The van der Waals surface area contributed by atoms with E-state index < -0.39 is 5.60 Å². The van der Waals surface area contributed by atoms with E-state index in [0.29, 0.717) is 34.6 Å². The average molecular weight is 492 g/mol. The average Bonchev–Trinajstić information content (AvgIpc) is 2.75. The van der Waals surface area contributed by atoms with Gasteiger partial charge in [-0.15, -0.1) is 0 Å². The van der Waals surface area contributed by atoms with Crippen molar-refractivity contribution in [3.05, 3.63) is 52.5 Å². The maximum atomic E-state index is 12.8. The molecule has 178 valence electrons. The van der Waals surface area contributed by atoms with Gasteiger partial charge in [0.1, 0.15) is 5.75 Å². The molecule has 2 aromatic carbocycles. The zero-order valence-electron chi connectivity index (χ0n) is 19.7. The van der Waals surface area contributed by atoms with Crippen LogP contribution in [0.3, 0.4) is 0 Å². The second-order valence-electron chi connectivity index (χ2n) is 9.72. The first-order chi connectivity index (χ1) is 15.4. The van der Waals surface area contributed by atoms with E-state index in [-0.39, 0.29) is 17.2 Å². The standard InChI is InChI=1S/C25H31Cl2N3O3/c1-24(2,3)23(32)30-14-12-29(13-15-30)19-9-7-18(8-10-19)28-22(31)25(4,5)33-21-11-6-17(26)16-20(21)27/h6-11,16H,12-15H2,1-5H3,(H,28,31). The molecule has 0 aromatic heterocycles. The highest BCUT2D eigenvalue weighted by molar-refractivity contribution is 6.35. The lowest BCUT2D eigenvalue weighted by Gasteiger charge is -2.38. The van der Waals surface area contributed by atoms with E-state index in [1.165, 1.54) is 0 Å². The van der Waals surface area contributed by atoms with E-state index in [2.05, 4.69) is 10.2 Å². The highest BCUT2D eigenvalue weighted by Gasteiger charge is 2.31. The number of amides is 2. The van der Waals surface area contributed by atoms with Crippen molar-refractivity contribution < 1.29 is 14.3 Å². The molecule has 8 heteroatoms. The molecule has 3 rings (SSSR count). The van der Waals surface area contributed by atoms with Crippen LogP contribution < -0.4 is 15.0 Å². The fourth-order valence-corrected chi connectivity index (χ4v) is 4.01. The Balaban J connectivity index is 1.58. The summed E-state index contributed by atoms with van der Waals surface area (Å²) in [5.41, 5.74) is 0.216. The Morgan fingerprint density at radius 2 is 1.52 bits per heavy atom. The molecule has 2 amide bonds. The van der Waals surface area contributed by atoms with Gasteiger partial charge in [0, 0.05) is 48.0 Å². The summed E-state index contributed by atoms with van der Waals surface area (Å²) in [5.74, 6) is 0.279. The minimum absolute atomic E-state index is 0.185. The molecule has 1 N–H and O–H groups in total. The molecule has 1 heterocycles. The monoisotopic (exact) mass is 491 g/mol. The lowest BCUT2D eigenvalue weighted by molar-refractivity contribution is -0.139. The van der Waals surface area contributed by atoms with Crippen LogP contribution >= 0.6 is 23.2 Å². The van der Waals surface area contributed by atoms with Gasteiger partial charge >= 0.3 is 0 Å². The van der Waals surface area contributed by atoms with Gasteiger partial charge in [-0.05, 0) is 56.3 Å². The van der Waals surface area contributed by atoms with E-state index in [4.69, 9.17) is 27.9 Å². The Bertz CT molecular complexity index is 1010. The van der Waals surface area contributed by atoms with Crippen LogP contribution in [0.15, 0.2) is 42.5 Å². The molecule has 33 heavy (non-hydrogen) atoms. The largest absolute Gasteiger partial charge is 0.476 e. The minimum atomic E-state index is -1.15. The molecule has 2 aromatic rings. The predicted octanol–water partition coefficient (Wildman–Crippen LogP) is 5.48. The fraction of sp³-hybridized carbons (Fsp3) is 0.440. The lowest BCUT2D eigenvalue weighted by Crippen LogP contribution is -2.51. The number of nitrogens with zero attached hydrogens (tertiary/aromatic N) is 2. The number of carbonyl (C=O) groups excluding carboxylic acids is 2. The molecule has 6 nitrogen and oxygen atoms in total. The molecule has 0 bridgehead atoms. The zero-order chi connectivity index (χ0) is 24.4. The molecule has 1 fully saturated rings. The summed E-state index contributed by atoms with van der Waals surface area (Å²) in [4.78, 5) is 29.5. The van der Waals surface area contributed by atoms with Gasteiger partial charge in [-0.2, -0.15) is 0 Å².